The summed E-state index contributed by atoms with van der Waals surface area (Å²) in [7, 11) is 1.58. The fourth-order valence-electron chi connectivity index (χ4n) is 1.96. The first-order chi connectivity index (χ1) is 9.26. The molecular formula is C13H13N5O. The summed E-state index contributed by atoms with van der Waals surface area (Å²) in [6, 6.07) is 7.50. The molecular weight excluding hydrogens is 242 g/mol. The Bertz CT molecular complexity index is 714. The molecule has 0 unspecified atom stereocenters. The molecule has 3 rings (SSSR count). The molecule has 6 nitrogen and oxygen atoms in total. The smallest absolute Gasteiger partial charge is 0.318 e. The molecule has 0 bridgehead atoms. The average molecular weight is 255 g/mol. The van der Waals surface area contributed by atoms with Crippen molar-refractivity contribution in [2.45, 2.75) is 0 Å². The third-order valence-electron chi connectivity index (χ3n) is 2.91. The van der Waals surface area contributed by atoms with Crippen LogP contribution in [0.3, 0.4) is 0 Å². The molecule has 0 radical (unpaired) electrons. The van der Waals surface area contributed by atoms with E-state index in [2.05, 4.69) is 25.8 Å². The van der Waals surface area contributed by atoms with Crippen molar-refractivity contribution in [1.29, 1.82) is 0 Å². The number of anilines is 1. The number of rotatable bonds is 2. The van der Waals surface area contributed by atoms with Gasteiger partial charge in [-0.2, -0.15) is 5.10 Å². The van der Waals surface area contributed by atoms with Crippen molar-refractivity contribution < 1.29 is 4.79 Å². The van der Waals surface area contributed by atoms with E-state index in [0.29, 0.717) is 0 Å². The summed E-state index contributed by atoms with van der Waals surface area (Å²) in [6.07, 6.45) is 3.59. The third-order valence-corrected chi connectivity index (χ3v) is 2.91. The van der Waals surface area contributed by atoms with Crippen molar-refractivity contribution in [3.05, 3.63) is 36.7 Å². The molecule has 0 saturated heterocycles. The lowest BCUT2D eigenvalue weighted by Gasteiger charge is -2.03. The van der Waals surface area contributed by atoms with E-state index in [1.807, 2.05) is 30.5 Å². The van der Waals surface area contributed by atoms with Gasteiger partial charge in [-0.25, -0.2) is 4.79 Å². The van der Waals surface area contributed by atoms with Crippen LogP contribution in [0.1, 0.15) is 0 Å². The summed E-state index contributed by atoms with van der Waals surface area (Å²) in [5.41, 5.74) is 3.75. The van der Waals surface area contributed by atoms with Gasteiger partial charge in [-0.15, -0.1) is 0 Å². The van der Waals surface area contributed by atoms with Gasteiger partial charge in [-0.05, 0) is 24.3 Å². The topological polar surface area (TPSA) is 85.6 Å². The Kier molecular flexibility index (Phi) is 2.68. The Morgan fingerprint density at radius 1 is 1.32 bits per heavy atom. The van der Waals surface area contributed by atoms with Crippen LogP contribution in [0.2, 0.25) is 0 Å². The number of nitrogens with one attached hydrogen (secondary N) is 4. The number of urea groups is 1. The Labute approximate surface area is 109 Å². The fraction of sp³-hybridized carbons (Fsp3) is 0.0769. The minimum atomic E-state index is -0.232. The standard InChI is InChI=1S/C13H13N5O/c1-14-13(19)17-10-2-3-11-8(4-10)5-12(18-11)9-6-15-16-7-9/h2-7,18H,1H3,(H,15,16)(H2,14,17,19). The summed E-state index contributed by atoms with van der Waals surface area (Å²) in [5.74, 6) is 0. The molecule has 6 heteroatoms. The molecule has 3 aromatic rings. The fourth-order valence-corrected chi connectivity index (χ4v) is 1.96. The van der Waals surface area contributed by atoms with Gasteiger partial charge in [0, 0.05) is 41.1 Å². The molecule has 0 fully saturated rings. The predicted molar refractivity (Wildman–Crippen MR) is 74.0 cm³/mol. The van der Waals surface area contributed by atoms with E-state index in [0.717, 1.165) is 27.8 Å². The van der Waals surface area contributed by atoms with E-state index in [4.69, 9.17) is 0 Å². The monoisotopic (exact) mass is 255 g/mol. The number of carbonyl (C=O) groups excluding carboxylic acids is 1. The second-order valence-corrected chi connectivity index (χ2v) is 4.18. The normalized spacial score (nSPS) is 10.6. The highest BCUT2D eigenvalue weighted by molar-refractivity contribution is 5.94. The highest BCUT2D eigenvalue weighted by atomic mass is 16.2. The highest BCUT2D eigenvalue weighted by Crippen LogP contribution is 2.25. The van der Waals surface area contributed by atoms with Crippen LogP contribution >= 0.6 is 0 Å². The average Bonchev–Trinajstić information content (AvgIpc) is 3.06. The van der Waals surface area contributed by atoms with E-state index >= 15 is 0 Å². The second kappa shape index (κ2) is 4.49. The van der Waals surface area contributed by atoms with E-state index in [9.17, 15) is 4.79 Å². The van der Waals surface area contributed by atoms with E-state index in [-0.39, 0.29) is 6.03 Å². The largest absolute Gasteiger partial charge is 0.354 e. The first-order valence-electron chi connectivity index (χ1n) is 5.87. The minimum Gasteiger partial charge on any atom is -0.354 e. The van der Waals surface area contributed by atoms with Gasteiger partial charge in [0.1, 0.15) is 0 Å². The molecule has 19 heavy (non-hydrogen) atoms. The van der Waals surface area contributed by atoms with Gasteiger partial charge in [0.25, 0.3) is 0 Å². The van der Waals surface area contributed by atoms with Crippen molar-refractivity contribution in [3.63, 3.8) is 0 Å². The summed E-state index contributed by atoms with van der Waals surface area (Å²) in [4.78, 5) is 14.6. The maximum absolute atomic E-state index is 11.3. The lowest BCUT2D eigenvalue weighted by atomic mass is 10.2. The van der Waals surface area contributed by atoms with Crippen LogP contribution in [0.15, 0.2) is 36.7 Å². The van der Waals surface area contributed by atoms with Crippen molar-refractivity contribution in [2.24, 2.45) is 0 Å². The van der Waals surface area contributed by atoms with Crippen LogP contribution in [0, 0.1) is 0 Å². The van der Waals surface area contributed by atoms with Gasteiger partial charge >= 0.3 is 6.03 Å². The molecule has 96 valence electrons. The molecule has 0 saturated carbocycles. The van der Waals surface area contributed by atoms with E-state index in [1.54, 1.807) is 13.2 Å². The van der Waals surface area contributed by atoms with Crippen LogP contribution in [-0.2, 0) is 0 Å². The van der Waals surface area contributed by atoms with E-state index in [1.165, 1.54) is 0 Å². The van der Waals surface area contributed by atoms with Gasteiger partial charge in [-0.3, -0.25) is 5.10 Å². The van der Waals surface area contributed by atoms with Crippen molar-refractivity contribution in [3.8, 4) is 11.3 Å². The molecule has 1 aromatic carbocycles. The molecule has 0 atom stereocenters. The van der Waals surface area contributed by atoms with Gasteiger partial charge < -0.3 is 15.6 Å². The molecule has 2 amide bonds. The number of aromatic nitrogens is 3. The third kappa shape index (κ3) is 2.15. The van der Waals surface area contributed by atoms with Gasteiger partial charge in [0.15, 0.2) is 0 Å². The maximum atomic E-state index is 11.3. The number of H-pyrrole nitrogens is 2. The van der Waals surface area contributed by atoms with Crippen molar-refractivity contribution in [2.75, 3.05) is 12.4 Å². The zero-order valence-electron chi connectivity index (χ0n) is 10.3. The van der Waals surface area contributed by atoms with Crippen molar-refractivity contribution in [1.82, 2.24) is 20.5 Å². The lowest BCUT2D eigenvalue weighted by Crippen LogP contribution is -2.24. The van der Waals surface area contributed by atoms with E-state index < -0.39 is 0 Å². The predicted octanol–water partition coefficient (Wildman–Crippen LogP) is 2.31. The summed E-state index contributed by atoms with van der Waals surface area (Å²) in [6.45, 7) is 0. The highest BCUT2D eigenvalue weighted by Gasteiger charge is 2.06. The van der Waals surface area contributed by atoms with Crippen LogP contribution in [0.25, 0.3) is 22.2 Å². The van der Waals surface area contributed by atoms with Gasteiger partial charge in [0.05, 0.1) is 6.20 Å². The molecule has 0 spiro atoms. The zero-order chi connectivity index (χ0) is 13.2. The summed E-state index contributed by atoms with van der Waals surface area (Å²) >= 11 is 0. The number of amides is 2. The summed E-state index contributed by atoms with van der Waals surface area (Å²) in [5, 5.41) is 13.0. The molecule has 0 aliphatic carbocycles. The first-order valence-corrected chi connectivity index (χ1v) is 5.87. The van der Waals surface area contributed by atoms with Crippen molar-refractivity contribution >= 4 is 22.6 Å². The second-order valence-electron chi connectivity index (χ2n) is 4.18. The summed E-state index contributed by atoms with van der Waals surface area (Å²) < 4.78 is 0. The van der Waals surface area contributed by atoms with Crippen LogP contribution in [0.4, 0.5) is 10.5 Å². The molecule has 0 aliphatic heterocycles. The van der Waals surface area contributed by atoms with Crippen LogP contribution < -0.4 is 10.6 Å². The van der Waals surface area contributed by atoms with Gasteiger partial charge in [0.2, 0.25) is 0 Å². The Hall–Kier alpha value is -2.76. The lowest BCUT2D eigenvalue weighted by molar-refractivity contribution is 0.254. The maximum Gasteiger partial charge on any atom is 0.318 e. The number of fused-ring (bicyclic) bond motifs is 1. The number of hydrogen-bond donors (Lipinski definition) is 4. The Morgan fingerprint density at radius 3 is 2.95 bits per heavy atom. The number of nitrogens with zero attached hydrogens (tertiary/aromatic N) is 1. The Balaban J connectivity index is 1.97. The quantitative estimate of drug-likeness (QED) is 0.566. The number of hydrogen-bond acceptors (Lipinski definition) is 2. The SMILES string of the molecule is CNC(=O)Nc1ccc2[nH]c(-c3cn[nH]c3)cc2c1. The number of benzene rings is 1. The van der Waals surface area contributed by atoms with Crippen LogP contribution in [0.5, 0.6) is 0 Å². The first kappa shape index (κ1) is 11.3. The number of aromatic amines is 2. The van der Waals surface area contributed by atoms with Crippen LogP contribution in [-0.4, -0.2) is 28.3 Å². The molecule has 2 aromatic heterocycles. The van der Waals surface area contributed by atoms with Gasteiger partial charge in [-0.1, -0.05) is 0 Å². The number of carbonyl (C=O) groups is 1. The molecule has 2 heterocycles. The minimum absolute atomic E-state index is 0.232. The zero-order valence-corrected chi connectivity index (χ0v) is 10.3. The molecule has 0 aliphatic rings. The Morgan fingerprint density at radius 2 is 2.21 bits per heavy atom. The molecule has 4 N–H and O–H groups in total.